The molecule has 0 radical (unpaired) electrons. The monoisotopic (exact) mass is 591 g/mol. The lowest BCUT2D eigenvalue weighted by Crippen LogP contribution is -2.71. The van der Waals surface area contributed by atoms with E-state index < -0.39 is 0 Å². The maximum absolute atomic E-state index is 2.82. The fraction of sp³-hybridized carbons (Fsp3) is 1.00. The van der Waals surface area contributed by atoms with E-state index in [-0.39, 0.29) is 0 Å². The van der Waals surface area contributed by atoms with E-state index in [1.54, 1.807) is 6.42 Å². The third kappa shape index (κ3) is 6.74. The van der Waals surface area contributed by atoms with Crippen LogP contribution in [-0.2, 0) is 0 Å². The molecule has 0 saturated heterocycles. The molecule has 0 heterocycles. The van der Waals surface area contributed by atoms with Crippen LogP contribution in [0.25, 0.3) is 0 Å². The largest absolute Gasteiger partial charge is 0.0683 e. The van der Waals surface area contributed by atoms with Crippen LogP contribution in [-0.4, -0.2) is 0 Å². The average molecular weight is 591 g/mol. The summed E-state index contributed by atoms with van der Waals surface area (Å²) in [6.45, 7) is 46.8. The zero-order chi connectivity index (χ0) is 33.3. The van der Waals surface area contributed by atoms with Crippen molar-refractivity contribution in [3.05, 3.63) is 0 Å². The Morgan fingerprint density at radius 2 is 0.929 bits per heavy atom. The molecule has 16 unspecified atom stereocenters. The standard InChI is InChI=1S/C32H56.5C2H6/c1-11-25-15-19(5)30-21(7)20(6)22(8)31-26-13-12-16(2)27-17(3)14-18(4)28(29(26)27)24(10)32(30,31)23(25)9;5*1-2/h16-31H,11-15H2,1-10H3;5*1-2H3/t16?,17?,18?,19?,20-,21?,22?,23?,24?,25?,26?,27?,28?,29?,30?,31?,32?;;;;;/m1...../s1. The Hall–Kier alpha value is 0. The molecule has 0 N–H and O–H groups in total. The van der Waals surface area contributed by atoms with Crippen molar-refractivity contribution >= 4 is 0 Å². The molecule has 5 saturated carbocycles. The van der Waals surface area contributed by atoms with Crippen molar-refractivity contribution in [3.8, 4) is 0 Å². The molecular formula is C42H86. The van der Waals surface area contributed by atoms with E-state index in [0.29, 0.717) is 5.41 Å². The average Bonchev–Trinajstić information content (AvgIpc) is 3.02. The topological polar surface area (TPSA) is 0 Å². The first-order valence-corrected chi connectivity index (χ1v) is 20.1. The van der Waals surface area contributed by atoms with Gasteiger partial charge in [-0.25, -0.2) is 0 Å². The molecular weight excluding hydrogens is 504 g/mol. The van der Waals surface area contributed by atoms with Crippen molar-refractivity contribution in [1.29, 1.82) is 0 Å². The van der Waals surface area contributed by atoms with E-state index in [4.69, 9.17) is 0 Å². The van der Waals surface area contributed by atoms with Crippen molar-refractivity contribution < 1.29 is 0 Å². The Balaban J connectivity index is 0.00000153. The minimum absolute atomic E-state index is 0.593. The maximum atomic E-state index is 2.82. The first kappa shape index (κ1) is 42.0. The van der Waals surface area contributed by atoms with Gasteiger partial charge in [0.25, 0.3) is 0 Å². The van der Waals surface area contributed by atoms with Gasteiger partial charge < -0.3 is 0 Å². The van der Waals surface area contributed by atoms with Crippen LogP contribution >= 0.6 is 0 Å². The van der Waals surface area contributed by atoms with E-state index in [2.05, 4.69) is 69.2 Å². The van der Waals surface area contributed by atoms with Crippen molar-refractivity contribution in [1.82, 2.24) is 0 Å². The Morgan fingerprint density at radius 3 is 1.43 bits per heavy atom. The van der Waals surface area contributed by atoms with Gasteiger partial charge in [0, 0.05) is 0 Å². The number of rotatable bonds is 1. The second-order valence-electron chi connectivity index (χ2n) is 14.7. The summed E-state index contributed by atoms with van der Waals surface area (Å²) in [5.41, 5.74) is 0.593. The van der Waals surface area contributed by atoms with Gasteiger partial charge in [-0.1, -0.05) is 151 Å². The molecule has 0 bridgehead atoms. The predicted molar refractivity (Wildman–Crippen MR) is 195 cm³/mol. The van der Waals surface area contributed by atoms with E-state index in [0.717, 1.165) is 94.7 Å². The molecule has 5 aliphatic rings. The van der Waals surface area contributed by atoms with Crippen LogP contribution in [0.5, 0.6) is 0 Å². The molecule has 0 aromatic carbocycles. The second kappa shape index (κ2) is 18.8. The predicted octanol–water partition coefficient (Wildman–Crippen LogP) is 14.2. The van der Waals surface area contributed by atoms with Gasteiger partial charge >= 0.3 is 0 Å². The van der Waals surface area contributed by atoms with Gasteiger partial charge in [-0.15, -0.1) is 0 Å². The highest BCUT2D eigenvalue weighted by molar-refractivity contribution is 5.19. The first-order valence-electron chi connectivity index (χ1n) is 20.1. The highest BCUT2D eigenvalue weighted by Gasteiger charge is 2.71. The summed E-state index contributed by atoms with van der Waals surface area (Å²) in [7, 11) is 0. The molecule has 5 aliphatic carbocycles. The lowest BCUT2D eigenvalue weighted by atomic mass is 9.29. The molecule has 0 amide bonds. The van der Waals surface area contributed by atoms with Gasteiger partial charge in [0.05, 0.1) is 0 Å². The molecule has 5 rings (SSSR count). The van der Waals surface area contributed by atoms with Crippen LogP contribution in [0.15, 0.2) is 0 Å². The molecule has 0 aromatic rings. The number of fused-ring (bicyclic) bond motifs is 1. The van der Waals surface area contributed by atoms with Gasteiger partial charge in [0.15, 0.2) is 0 Å². The Morgan fingerprint density at radius 1 is 0.452 bits per heavy atom. The summed E-state index contributed by atoms with van der Waals surface area (Å²) in [5, 5.41) is 0. The number of hydrogen-bond donors (Lipinski definition) is 0. The van der Waals surface area contributed by atoms with Crippen molar-refractivity contribution in [2.45, 2.75) is 171 Å². The highest BCUT2D eigenvalue weighted by Crippen LogP contribution is 2.76. The summed E-state index contributed by atoms with van der Waals surface area (Å²) >= 11 is 0. The fourth-order valence-electron chi connectivity index (χ4n) is 13.3. The zero-order valence-electron chi connectivity index (χ0n) is 33.3. The smallest absolute Gasteiger partial charge is 0.0174 e. The van der Waals surface area contributed by atoms with Crippen LogP contribution in [0.2, 0.25) is 0 Å². The Kier molecular flexibility index (Phi) is 18.8. The summed E-state index contributed by atoms with van der Waals surface area (Å²) in [4.78, 5) is 0. The van der Waals surface area contributed by atoms with Crippen LogP contribution in [0.1, 0.15) is 171 Å². The minimum Gasteiger partial charge on any atom is -0.0683 e. The second-order valence-corrected chi connectivity index (χ2v) is 14.7. The van der Waals surface area contributed by atoms with Gasteiger partial charge in [0.1, 0.15) is 0 Å². The molecule has 5 fully saturated rings. The molecule has 254 valence electrons. The molecule has 0 aliphatic heterocycles. The lowest BCUT2D eigenvalue weighted by Gasteiger charge is -2.76. The molecule has 0 aromatic heterocycles. The van der Waals surface area contributed by atoms with Crippen LogP contribution in [0.3, 0.4) is 0 Å². The van der Waals surface area contributed by atoms with E-state index >= 15 is 0 Å². The van der Waals surface area contributed by atoms with Crippen LogP contribution in [0, 0.1) is 100 Å². The first-order chi connectivity index (χ1) is 20.1. The SMILES string of the molecule is CC.CC.CC.CC.CC.CCC1CC(C)C2C(C)[C@@H](C)C(C)C3C4CCC(C)C5C(C)CC(C)C(C45)C(C)C23C1C. The van der Waals surface area contributed by atoms with Crippen molar-refractivity contribution in [2.75, 3.05) is 0 Å². The van der Waals surface area contributed by atoms with E-state index in [9.17, 15) is 0 Å². The lowest BCUT2D eigenvalue weighted by molar-refractivity contribution is -0.286. The maximum Gasteiger partial charge on any atom is -0.0174 e. The summed E-state index contributed by atoms with van der Waals surface area (Å²) < 4.78 is 0. The molecule has 42 heavy (non-hydrogen) atoms. The zero-order valence-corrected chi connectivity index (χ0v) is 33.3. The van der Waals surface area contributed by atoms with Gasteiger partial charge in [-0.2, -0.15) is 0 Å². The molecule has 17 atom stereocenters. The minimum atomic E-state index is 0.593. The number of hydrogen-bond acceptors (Lipinski definition) is 0. The highest BCUT2D eigenvalue weighted by atomic mass is 14.8. The van der Waals surface area contributed by atoms with E-state index in [1.807, 2.05) is 69.2 Å². The van der Waals surface area contributed by atoms with Crippen LogP contribution in [0.4, 0.5) is 0 Å². The third-order valence-electron chi connectivity index (χ3n) is 14.1. The van der Waals surface area contributed by atoms with Gasteiger partial charge in [0.2, 0.25) is 0 Å². The van der Waals surface area contributed by atoms with Gasteiger partial charge in [-0.05, 0) is 119 Å². The van der Waals surface area contributed by atoms with Crippen molar-refractivity contribution in [3.63, 3.8) is 0 Å². The normalized spacial score (nSPS) is 49.7. The third-order valence-corrected chi connectivity index (χ3v) is 14.1. The Bertz CT molecular complexity index is 694. The Labute approximate surface area is 270 Å². The molecule has 0 nitrogen and oxygen atoms in total. The van der Waals surface area contributed by atoms with E-state index in [1.165, 1.54) is 25.7 Å². The summed E-state index contributed by atoms with van der Waals surface area (Å²) in [6.07, 6.45) is 7.47. The fourth-order valence-corrected chi connectivity index (χ4v) is 13.3. The quantitative estimate of drug-likeness (QED) is 0.285. The summed E-state index contributed by atoms with van der Waals surface area (Å²) in [5.74, 6) is 15.2. The van der Waals surface area contributed by atoms with Crippen molar-refractivity contribution in [2.24, 2.45) is 100 Å². The molecule has 0 heteroatoms. The van der Waals surface area contributed by atoms with Crippen LogP contribution < -0.4 is 0 Å². The van der Waals surface area contributed by atoms with Gasteiger partial charge in [-0.3, -0.25) is 0 Å². The molecule has 1 spiro atoms. The summed E-state index contributed by atoms with van der Waals surface area (Å²) in [6, 6.07) is 0.